The third kappa shape index (κ3) is 2.05. The van der Waals surface area contributed by atoms with Gasteiger partial charge in [-0.05, 0) is 6.07 Å². The molecule has 0 fully saturated rings. The van der Waals surface area contributed by atoms with Crippen molar-refractivity contribution in [3.05, 3.63) is 34.6 Å². The zero-order chi connectivity index (χ0) is 11.5. The number of pyridine rings is 1. The molecule has 0 aromatic carbocycles. The van der Waals surface area contributed by atoms with E-state index in [0.29, 0.717) is 16.7 Å². The van der Waals surface area contributed by atoms with E-state index in [1.165, 1.54) is 12.4 Å². The fourth-order valence-electron chi connectivity index (χ4n) is 1.38. The molecule has 0 bridgehead atoms. The van der Waals surface area contributed by atoms with Gasteiger partial charge in [0.25, 0.3) is 5.56 Å². The average molecular weight is 219 g/mol. The van der Waals surface area contributed by atoms with Gasteiger partial charge in [-0.25, -0.2) is 4.98 Å². The van der Waals surface area contributed by atoms with Crippen LogP contribution in [0.5, 0.6) is 0 Å². The van der Waals surface area contributed by atoms with Crippen molar-refractivity contribution in [1.29, 1.82) is 0 Å². The number of fused-ring (bicyclic) bond motifs is 1. The molecule has 2 aromatic heterocycles. The van der Waals surface area contributed by atoms with E-state index in [-0.39, 0.29) is 18.4 Å². The molecule has 0 spiro atoms. The Morgan fingerprint density at radius 3 is 3.06 bits per heavy atom. The van der Waals surface area contributed by atoms with Gasteiger partial charge in [-0.3, -0.25) is 14.6 Å². The zero-order valence-electron chi connectivity index (χ0n) is 8.30. The number of aromatic amines is 1. The van der Waals surface area contributed by atoms with Gasteiger partial charge >= 0.3 is 5.97 Å². The maximum Gasteiger partial charge on any atom is 0.303 e. The molecule has 0 unspecified atom stereocenters. The lowest BCUT2D eigenvalue weighted by atomic mass is 10.2. The summed E-state index contributed by atoms with van der Waals surface area (Å²) >= 11 is 0. The Bertz CT molecular complexity index is 591. The first-order valence-electron chi connectivity index (χ1n) is 4.71. The van der Waals surface area contributed by atoms with Crippen molar-refractivity contribution < 1.29 is 9.90 Å². The van der Waals surface area contributed by atoms with E-state index < -0.39 is 5.97 Å². The lowest BCUT2D eigenvalue weighted by molar-refractivity contribution is -0.137. The maximum atomic E-state index is 11.6. The Morgan fingerprint density at radius 2 is 2.31 bits per heavy atom. The number of hydrogen-bond acceptors (Lipinski definition) is 4. The van der Waals surface area contributed by atoms with Crippen LogP contribution >= 0.6 is 0 Å². The Labute approximate surface area is 90.0 Å². The van der Waals surface area contributed by atoms with Gasteiger partial charge in [0.15, 0.2) is 0 Å². The van der Waals surface area contributed by atoms with E-state index in [2.05, 4.69) is 15.0 Å². The van der Waals surface area contributed by atoms with Crippen LogP contribution in [-0.2, 0) is 11.2 Å². The highest BCUT2D eigenvalue weighted by atomic mass is 16.4. The van der Waals surface area contributed by atoms with E-state index in [9.17, 15) is 9.59 Å². The molecule has 2 aromatic rings. The van der Waals surface area contributed by atoms with Crippen molar-refractivity contribution in [1.82, 2.24) is 15.0 Å². The van der Waals surface area contributed by atoms with Crippen molar-refractivity contribution in [2.45, 2.75) is 12.8 Å². The molecular formula is C10H9N3O3. The molecular weight excluding hydrogens is 210 g/mol. The highest BCUT2D eigenvalue weighted by Crippen LogP contribution is 2.04. The normalized spacial score (nSPS) is 10.5. The van der Waals surface area contributed by atoms with Crippen LogP contribution in [0.1, 0.15) is 12.2 Å². The molecule has 16 heavy (non-hydrogen) atoms. The van der Waals surface area contributed by atoms with Crippen LogP contribution in [0.4, 0.5) is 0 Å². The van der Waals surface area contributed by atoms with E-state index in [0.717, 1.165) is 0 Å². The standard InChI is InChI=1S/C10H9N3O3/c14-9(15)2-1-8-12-7-5-11-4-3-6(7)10(16)13-8/h3-5H,1-2H2,(H,14,15)(H,12,13,16). The molecule has 0 amide bonds. The summed E-state index contributed by atoms with van der Waals surface area (Å²) in [5, 5.41) is 8.98. The van der Waals surface area contributed by atoms with Crippen LogP contribution in [0, 0.1) is 0 Å². The van der Waals surface area contributed by atoms with Crippen molar-refractivity contribution in [3.8, 4) is 0 Å². The molecule has 6 nitrogen and oxygen atoms in total. The first-order chi connectivity index (χ1) is 7.66. The van der Waals surface area contributed by atoms with Crippen LogP contribution in [0.3, 0.4) is 0 Å². The number of nitrogens with zero attached hydrogens (tertiary/aromatic N) is 2. The number of H-pyrrole nitrogens is 1. The summed E-state index contributed by atoms with van der Waals surface area (Å²) in [5.74, 6) is -0.554. The Kier molecular flexibility index (Phi) is 2.63. The van der Waals surface area contributed by atoms with Crippen molar-refractivity contribution >= 4 is 16.9 Å². The third-order valence-electron chi connectivity index (χ3n) is 2.13. The average Bonchev–Trinajstić information content (AvgIpc) is 2.26. The minimum atomic E-state index is -0.922. The molecule has 2 rings (SSSR count). The zero-order valence-corrected chi connectivity index (χ0v) is 8.30. The first kappa shape index (κ1) is 10.3. The molecule has 0 saturated heterocycles. The molecule has 0 aliphatic heterocycles. The smallest absolute Gasteiger partial charge is 0.303 e. The summed E-state index contributed by atoms with van der Waals surface area (Å²) in [5.41, 5.74) is 0.208. The number of aryl methyl sites for hydroxylation is 1. The quantitative estimate of drug-likeness (QED) is 0.775. The number of nitrogens with one attached hydrogen (secondary N) is 1. The molecule has 2 N–H and O–H groups in total. The van der Waals surface area contributed by atoms with Gasteiger partial charge in [0.1, 0.15) is 5.82 Å². The largest absolute Gasteiger partial charge is 0.481 e. The minimum Gasteiger partial charge on any atom is -0.481 e. The third-order valence-corrected chi connectivity index (χ3v) is 2.13. The lowest BCUT2D eigenvalue weighted by Gasteiger charge is -2.00. The molecule has 0 aliphatic rings. The summed E-state index contributed by atoms with van der Waals surface area (Å²) in [4.78, 5) is 32.5. The Balaban J connectivity index is 2.42. The second-order valence-corrected chi connectivity index (χ2v) is 3.30. The molecule has 0 atom stereocenters. The number of hydrogen-bond donors (Lipinski definition) is 2. The number of aliphatic carboxylic acids is 1. The first-order valence-corrected chi connectivity index (χ1v) is 4.71. The number of carboxylic acid groups (broad SMARTS) is 1. The van der Waals surface area contributed by atoms with Gasteiger partial charge in [0.05, 0.1) is 23.5 Å². The summed E-state index contributed by atoms with van der Waals surface area (Å²) in [7, 11) is 0. The molecule has 2 heterocycles. The molecule has 0 saturated carbocycles. The second kappa shape index (κ2) is 4.09. The van der Waals surface area contributed by atoms with E-state index >= 15 is 0 Å². The molecule has 6 heteroatoms. The SMILES string of the molecule is O=C(O)CCc1nc2cnccc2c(=O)[nH]1. The second-order valence-electron chi connectivity index (χ2n) is 3.30. The summed E-state index contributed by atoms with van der Waals surface area (Å²) in [6.07, 6.45) is 3.13. The van der Waals surface area contributed by atoms with Crippen LogP contribution in [0.15, 0.2) is 23.3 Å². The predicted molar refractivity (Wildman–Crippen MR) is 56.1 cm³/mol. The van der Waals surface area contributed by atoms with Gasteiger partial charge < -0.3 is 10.1 Å². The van der Waals surface area contributed by atoms with Crippen LogP contribution in [0.2, 0.25) is 0 Å². The number of rotatable bonds is 3. The highest BCUT2D eigenvalue weighted by Gasteiger charge is 2.05. The monoisotopic (exact) mass is 219 g/mol. The topological polar surface area (TPSA) is 95.9 Å². The minimum absolute atomic E-state index is 0.0608. The van der Waals surface area contributed by atoms with Crippen LogP contribution in [-0.4, -0.2) is 26.0 Å². The molecule has 0 aliphatic carbocycles. The Morgan fingerprint density at radius 1 is 1.50 bits per heavy atom. The van der Waals surface area contributed by atoms with E-state index in [1.54, 1.807) is 6.07 Å². The van der Waals surface area contributed by atoms with E-state index in [1.807, 2.05) is 0 Å². The molecule has 82 valence electrons. The van der Waals surface area contributed by atoms with Crippen molar-refractivity contribution in [2.24, 2.45) is 0 Å². The molecule has 0 radical (unpaired) electrons. The van der Waals surface area contributed by atoms with Gasteiger partial charge in [-0.15, -0.1) is 0 Å². The van der Waals surface area contributed by atoms with Crippen LogP contribution < -0.4 is 5.56 Å². The fourth-order valence-corrected chi connectivity index (χ4v) is 1.38. The van der Waals surface area contributed by atoms with Gasteiger partial charge in [-0.2, -0.15) is 0 Å². The van der Waals surface area contributed by atoms with Crippen LogP contribution in [0.25, 0.3) is 10.9 Å². The summed E-state index contributed by atoms with van der Waals surface area (Å²) in [6.45, 7) is 0. The van der Waals surface area contributed by atoms with E-state index in [4.69, 9.17) is 5.11 Å². The van der Waals surface area contributed by atoms with Gasteiger partial charge in [0, 0.05) is 12.6 Å². The summed E-state index contributed by atoms with van der Waals surface area (Å²) in [6, 6.07) is 1.57. The highest BCUT2D eigenvalue weighted by molar-refractivity contribution is 5.76. The Hall–Kier alpha value is -2.24. The number of carbonyl (C=O) groups is 1. The number of carboxylic acids is 1. The maximum absolute atomic E-state index is 11.6. The summed E-state index contributed by atoms with van der Waals surface area (Å²) < 4.78 is 0. The fraction of sp³-hybridized carbons (Fsp3) is 0.200. The number of aromatic nitrogens is 3. The van der Waals surface area contributed by atoms with Crippen molar-refractivity contribution in [3.63, 3.8) is 0 Å². The van der Waals surface area contributed by atoms with Crippen molar-refractivity contribution in [2.75, 3.05) is 0 Å². The predicted octanol–water partition coefficient (Wildman–Crippen LogP) is 0.335. The van der Waals surface area contributed by atoms with Gasteiger partial charge in [-0.1, -0.05) is 0 Å². The lowest BCUT2D eigenvalue weighted by Crippen LogP contribution is -2.13. The van der Waals surface area contributed by atoms with Gasteiger partial charge in [0.2, 0.25) is 0 Å².